The van der Waals surface area contributed by atoms with E-state index in [0.717, 1.165) is 30.4 Å². The van der Waals surface area contributed by atoms with Gasteiger partial charge in [-0.05, 0) is 36.5 Å². The largest absolute Gasteiger partial charge is 0.341 e. The van der Waals surface area contributed by atoms with Crippen molar-refractivity contribution in [2.24, 2.45) is 11.7 Å². The van der Waals surface area contributed by atoms with Crippen LogP contribution in [0.5, 0.6) is 0 Å². The third kappa shape index (κ3) is 3.12. The fraction of sp³-hybridized carbons (Fsp3) is 0.500. The van der Waals surface area contributed by atoms with Gasteiger partial charge in [-0.3, -0.25) is 4.79 Å². The normalized spacial score (nSPS) is 28.9. The minimum Gasteiger partial charge on any atom is -0.341 e. The molecule has 3 nitrogen and oxygen atoms in total. The lowest BCUT2D eigenvalue weighted by Crippen LogP contribution is -2.33. The fourth-order valence-electron chi connectivity index (χ4n) is 2.77. The zero-order chi connectivity index (χ0) is 12.7. The van der Waals surface area contributed by atoms with Crippen LogP contribution in [0.4, 0.5) is 0 Å². The summed E-state index contributed by atoms with van der Waals surface area (Å²) in [6, 6.07) is 8.48. The van der Waals surface area contributed by atoms with Crippen LogP contribution in [0.15, 0.2) is 28.7 Å². The van der Waals surface area contributed by atoms with Gasteiger partial charge in [-0.1, -0.05) is 28.1 Å². The van der Waals surface area contributed by atoms with Crippen LogP contribution in [0.3, 0.4) is 0 Å². The van der Waals surface area contributed by atoms with Crippen molar-refractivity contribution in [2.45, 2.75) is 24.8 Å². The highest BCUT2D eigenvalue weighted by molar-refractivity contribution is 9.10. The lowest BCUT2D eigenvalue weighted by Gasteiger charge is -2.15. The first kappa shape index (κ1) is 14.8. The summed E-state index contributed by atoms with van der Waals surface area (Å²) in [4.78, 5) is 14.2. The fourth-order valence-corrected chi connectivity index (χ4v) is 3.03. The van der Waals surface area contributed by atoms with Gasteiger partial charge in [0.05, 0.1) is 0 Å². The molecule has 1 aliphatic carbocycles. The number of halogens is 2. The van der Waals surface area contributed by atoms with Gasteiger partial charge in [0, 0.05) is 29.5 Å². The highest BCUT2D eigenvalue weighted by Gasteiger charge is 2.46. The van der Waals surface area contributed by atoms with Crippen LogP contribution >= 0.6 is 28.3 Å². The number of nitrogens with zero attached hydrogens (tertiary/aromatic N) is 1. The van der Waals surface area contributed by atoms with Crippen molar-refractivity contribution in [3.63, 3.8) is 0 Å². The molecule has 0 spiro atoms. The molecule has 0 radical (unpaired) electrons. The van der Waals surface area contributed by atoms with E-state index < -0.39 is 0 Å². The van der Waals surface area contributed by atoms with Crippen LogP contribution in [-0.2, 0) is 4.79 Å². The Labute approximate surface area is 128 Å². The quantitative estimate of drug-likeness (QED) is 0.895. The average Bonchev–Trinajstić information content (AvgIpc) is 3.04. The molecule has 1 aliphatic heterocycles. The van der Waals surface area contributed by atoms with Crippen molar-refractivity contribution in [2.75, 3.05) is 13.1 Å². The van der Waals surface area contributed by atoms with Gasteiger partial charge >= 0.3 is 0 Å². The summed E-state index contributed by atoms with van der Waals surface area (Å²) in [5.41, 5.74) is 7.12. The summed E-state index contributed by atoms with van der Waals surface area (Å²) >= 11 is 3.43. The Morgan fingerprint density at radius 3 is 2.58 bits per heavy atom. The third-order valence-corrected chi connectivity index (χ3v) is 4.47. The van der Waals surface area contributed by atoms with Gasteiger partial charge in [0.2, 0.25) is 5.91 Å². The molecule has 1 aromatic rings. The minimum absolute atomic E-state index is 0. The van der Waals surface area contributed by atoms with E-state index in [-0.39, 0.29) is 24.4 Å². The maximum absolute atomic E-state index is 12.3. The second kappa shape index (κ2) is 5.81. The number of likely N-dealkylation sites (tertiary alicyclic amines) is 1. The topological polar surface area (TPSA) is 46.3 Å². The maximum Gasteiger partial charge on any atom is 0.226 e. The molecule has 1 aromatic carbocycles. The van der Waals surface area contributed by atoms with E-state index >= 15 is 0 Å². The van der Waals surface area contributed by atoms with Gasteiger partial charge in [0.1, 0.15) is 0 Å². The van der Waals surface area contributed by atoms with E-state index in [1.54, 1.807) is 0 Å². The van der Waals surface area contributed by atoms with Gasteiger partial charge < -0.3 is 10.6 Å². The van der Waals surface area contributed by atoms with E-state index in [4.69, 9.17) is 5.73 Å². The summed E-state index contributed by atoms with van der Waals surface area (Å²) < 4.78 is 1.08. The molecule has 5 heteroatoms. The van der Waals surface area contributed by atoms with Crippen LogP contribution in [0.2, 0.25) is 0 Å². The lowest BCUT2D eigenvalue weighted by molar-refractivity contribution is -0.131. The van der Waals surface area contributed by atoms with Crippen molar-refractivity contribution in [3.05, 3.63) is 34.3 Å². The van der Waals surface area contributed by atoms with Gasteiger partial charge in [0.25, 0.3) is 0 Å². The van der Waals surface area contributed by atoms with E-state index in [2.05, 4.69) is 28.1 Å². The Balaban J connectivity index is 0.00000133. The van der Waals surface area contributed by atoms with Crippen molar-refractivity contribution in [3.8, 4) is 0 Å². The average molecular weight is 346 g/mol. The smallest absolute Gasteiger partial charge is 0.226 e. The van der Waals surface area contributed by atoms with Crippen molar-refractivity contribution < 1.29 is 4.79 Å². The number of hydrogen-bond donors (Lipinski definition) is 1. The maximum atomic E-state index is 12.3. The summed E-state index contributed by atoms with van der Waals surface area (Å²) in [5.74, 6) is 0.912. The van der Waals surface area contributed by atoms with Gasteiger partial charge in [0.15, 0.2) is 0 Å². The van der Waals surface area contributed by atoms with Crippen LogP contribution in [0.25, 0.3) is 0 Å². The summed E-state index contributed by atoms with van der Waals surface area (Å²) in [6.45, 7) is 1.58. The Kier molecular flexibility index (Phi) is 4.54. The molecule has 3 atom stereocenters. The summed E-state index contributed by atoms with van der Waals surface area (Å²) in [7, 11) is 0. The summed E-state index contributed by atoms with van der Waals surface area (Å²) in [6.07, 6.45) is 1.94. The van der Waals surface area contributed by atoms with Crippen molar-refractivity contribution >= 4 is 34.2 Å². The van der Waals surface area contributed by atoms with Crippen molar-refractivity contribution in [1.29, 1.82) is 0 Å². The molecular weight excluding hydrogens is 328 g/mol. The minimum atomic E-state index is 0. The van der Waals surface area contributed by atoms with Gasteiger partial charge in [-0.25, -0.2) is 0 Å². The highest BCUT2D eigenvalue weighted by atomic mass is 79.9. The second-order valence-electron chi connectivity index (χ2n) is 5.33. The number of nitrogens with two attached hydrogens (primary N) is 1. The van der Waals surface area contributed by atoms with Crippen LogP contribution in [-0.4, -0.2) is 29.9 Å². The Morgan fingerprint density at radius 1 is 1.32 bits per heavy atom. The van der Waals surface area contributed by atoms with Crippen LogP contribution in [0, 0.1) is 5.92 Å². The van der Waals surface area contributed by atoms with E-state index in [1.807, 2.05) is 17.0 Å². The first-order valence-electron chi connectivity index (χ1n) is 6.45. The standard InChI is InChI=1S/C14H17BrN2O.ClH/c15-10-3-1-9(2-4-10)12-7-13(12)14(18)17-6-5-11(16)8-17;/h1-4,11-13H,5-8,16H2;1H. The number of rotatable bonds is 2. The molecule has 0 aromatic heterocycles. The van der Waals surface area contributed by atoms with Gasteiger partial charge in [-0.15, -0.1) is 12.4 Å². The predicted molar refractivity (Wildman–Crippen MR) is 81.4 cm³/mol. The first-order valence-corrected chi connectivity index (χ1v) is 7.24. The number of carbonyl (C=O) groups excluding carboxylic acids is 1. The van der Waals surface area contributed by atoms with E-state index in [9.17, 15) is 4.79 Å². The highest BCUT2D eigenvalue weighted by Crippen LogP contribution is 2.48. The molecule has 3 unspecified atom stereocenters. The monoisotopic (exact) mass is 344 g/mol. The van der Waals surface area contributed by atoms with Crippen molar-refractivity contribution in [1.82, 2.24) is 4.90 Å². The molecule has 1 saturated heterocycles. The zero-order valence-electron chi connectivity index (χ0n) is 10.6. The van der Waals surface area contributed by atoms with E-state index in [1.165, 1.54) is 5.56 Å². The number of amides is 1. The lowest BCUT2D eigenvalue weighted by atomic mass is 10.1. The Hall–Kier alpha value is -0.580. The molecule has 2 fully saturated rings. The van der Waals surface area contributed by atoms with Crippen LogP contribution in [0.1, 0.15) is 24.3 Å². The molecule has 1 saturated carbocycles. The van der Waals surface area contributed by atoms with E-state index in [0.29, 0.717) is 11.8 Å². The molecule has 3 rings (SSSR count). The summed E-state index contributed by atoms with van der Waals surface area (Å²) in [5, 5.41) is 0. The molecule has 1 amide bonds. The zero-order valence-corrected chi connectivity index (χ0v) is 13.0. The first-order chi connectivity index (χ1) is 8.65. The second-order valence-corrected chi connectivity index (χ2v) is 6.25. The van der Waals surface area contributed by atoms with Gasteiger partial charge in [-0.2, -0.15) is 0 Å². The Bertz CT molecular complexity index is 465. The van der Waals surface area contributed by atoms with Crippen LogP contribution < -0.4 is 5.73 Å². The molecule has 19 heavy (non-hydrogen) atoms. The molecule has 0 bridgehead atoms. The molecule has 1 heterocycles. The number of carbonyl (C=O) groups is 1. The number of benzene rings is 1. The molecule has 2 aliphatic rings. The Morgan fingerprint density at radius 2 is 2.00 bits per heavy atom. The molecule has 2 N–H and O–H groups in total. The number of hydrogen-bond acceptors (Lipinski definition) is 2. The third-order valence-electron chi connectivity index (χ3n) is 3.94. The molecular formula is C14H18BrClN2O. The SMILES string of the molecule is Cl.NC1CCN(C(=O)C2CC2c2ccc(Br)cc2)C1. The predicted octanol–water partition coefficient (Wildman–Crippen LogP) is 2.53. The molecule has 104 valence electrons.